The average molecular weight is 656 g/mol. The van der Waals surface area contributed by atoms with Crippen molar-refractivity contribution in [2.45, 2.75) is 90.3 Å². The molecule has 3 aromatic rings. The normalized spacial score (nSPS) is 19.2. The summed E-state index contributed by atoms with van der Waals surface area (Å²) in [7, 11) is 6.21. The zero-order valence-electron chi connectivity index (χ0n) is 29.8. The van der Waals surface area contributed by atoms with E-state index >= 15 is 0 Å². The number of nitrogens with zero attached hydrogens (tertiary/aromatic N) is 2. The number of pyridine rings is 1. The summed E-state index contributed by atoms with van der Waals surface area (Å²) >= 11 is 0. The van der Waals surface area contributed by atoms with Crippen molar-refractivity contribution in [3.05, 3.63) is 80.3 Å². The number of aryl methyl sites for hydroxylation is 2. The molecule has 0 bridgehead atoms. The second-order valence-corrected chi connectivity index (χ2v) is 13.9. The van der Waals surface area contributed by atoms with Crippen LogP contribution in [-0.2, 0) is 21.5 Å². The zero-order valence-corrected chi connectivity index (χ0v) is 29.8. The highest BCUT2D eigenvalue weighted by molar-refractivity contribution is 5.99. The summed E-state index contributed by atoms with van der Waals surface area (Å²) in [4.78, 5) is 46.9. The number of anilines is 2. The molecule has 2 aromatic carbocycles. The van der Waals surface area contributed by atoms with Gasteiger partial charge in [-0.05, 0) is 132 Å². The summed E-state index contributed by atoms with van der Waals surface area (Å²) in [6, 6.07) is 13.3. The molecule has 0 atom stereocenters. The molecule has 1 saturated heterocycles. The van der Waals surface area contributed by atoms with Crippen molar-refractivity contribution < 1.29 is 14.3 Å². The fraction of sp³-hybridized carbons (Fsp3) is 0.513. The van der Waals surface area contributed by atoms with Crippen LogP contribution in [0, 0.1) is 20.8 Å². The Labute approximate surface area is 285 Å². The van der Waals surface area contributed by atoms with Crippen LogP contribution in [0.4, 0.5) is 11.4 Å². The molecule has 0 radical (unpaired) electrons. The van der Waals surface area contributed by atoms with Gasteiger partial charge in [0.15, 0.2) is 0 Å². The smallest absolute Gasteiger partial charge is 0.253 e. The van der Waals surface area contributed by atoms with Gasteiger partial charge in [-0.1, -0.05) is 12.1 Å². The first kappa shape index (κ1) is 35.4. The second kappa shape index (κ2) is 15.1. The van der Waals surface area contributed by atoms with Gasteiger partial charge in [0, 0.05) is 73.6 Å². The van der Waals surface area contributed by atoms with Crippen molar-refractivity contribution >= 4 is 23.6 Å². The number of H-pyrrole nitrogens is 1. The number of aldehydes is 1. The van der Waals surface area contributed by atoms with E-state index in [0.29, 0.717) is 49.3 Å². The molecule has 9 heteroatoms. The number of hydrogen-bond donors (Lipinski definition) is 3. The molecule has 1 aliphatic carbocycles. The average Bonchev–Trinajstić information content (AvgIpc) is 3.09. The number of benzene rings is 2. The highest BCUT2D eigenvalue weighted by Gasteiger charge is 2.36. The van der Waals surface area contributed by atoms with Gasteiger partial charge in [-0.25, -0.2) is 0 Å². The van der Waals surface area contributed by atoms with Crippen LogP contribution in [0.5, 0.6) is 0 Å². The molecular weight excluding hydrogens is 602 g/mol. The van der Waals surface area contributed by atoms with Crippen molar-refractivity contribution in [3.63, 3.8) is 0 Å². The zero-order chi connectivity index (χ0) is 34.6. The van der Waals surface area contributed by atoms with E-state index in [0.717, 1.165) is 83.4 Å². The predicted octanol–water partition coefficient (Wildman–Crippen LogP) is 5.89. The SMILES string of the molecule is CCN(c1cc(-c2ccc(C3(C=O)CCOCC3)c(NC)c2)cc(C(=O)NCc2c(C)cc(C)[nH]c2=O)c1C)C1CCC(N(C)C)CC1. The largest absolute Gasteiger partial charge is 0.388 e. The van der Waals surface area contributed by atoms with Gasteiger partial charge < -0.3 is 34.9 Å². The molecule has 1 saturated carbocycles. The predicted molar refractivity (Wildman–Crippen MR) is 194 cm³/mol. The van der Waals surface area contributed by atoms with Crippen LogP contribution in [0.3, 0.4) is 0 Å². The Kier molecular flexibility index (Phi) is 11.1. The molecule has 258 valence electrons. The number of hydrogen-bond acceptors (Lipinski definition) is 7. The minimum Gasteiger partial charge on any atom is -0.388 e. The maximum absolute atomic E-state index is 14.0. The molecule has 3 N–H and O–H groups in total. The molecule has 9 nitrogen and oxygen atoms in total. The van der Waals surface area contributed by atoms with E-state index in [2.05, 4.69) is 70.7 Å². The molecule has 0 unspecified atom stereocenters. The van der Waals surface area contributed by atoms with Gasteiger partial charge >= 0.3 is 0 Å². The highest BCUT2D eigenvalue weighted by atomic mass is 16.5. The summed E-state index contributed by atoms with van der Waals surface area (Å²) in [5.74, 6) is -0.213. The molecule has 48 heavy (non-hydrogen) atoms. The Balaban J connectivity index is 1.56. The maximum Gasteiger partial charge on any atom is 0.253 e. The molecule has 2 heterocycles. The Morgan fingerprint density at radius 3 is 2.29 bits per heavy atom. The van der Waals surface area contributed by atoms with Gasteiger partial charge in [0.2, 0.25) is 0 Å². The van der Waals surface area contributed by atoms with E-state index < -0.39 is 5.41 Å². The summed E-state index contributed by atoms with van der Waals surface area (Å²) in [6.45, 7) is 10.1. The van der Waals surface area contributed by atoms with Crippen LogP contribution >= 0.6 is 0 Å². The van der Waals surface area contributed by atoms with Crippen molar-refractivity contribution in [1.29, 1.82) is 0 Å². The van der Waals surface area contributed by atoms with Gasteiger partial charge in [-0.3, -0.25) is 9.59 Å². The number of nitrogens with one attached hydrogen (secondary N) is 3. The van der Waals surface area contributed by atoms with Gasteiger partial charge in [0.05, 0.1) is 5.41 Å². The van der Waals surface area contributed by atoms with E-state index in [-0.39, 0.29) is 18.0 Å². The van der Waals surface area contributed by atoms with Crippen LogP contribution < -0.4 is 21.1 Å². The number of aromatic nitrogens is 1. The Bertz CT molecular complexity index is 1680. The molecular formula is C39H53N5O4. The van der Waals surface area contributed by atoms with Crippen LogP contribution in [0.25, 0.3) is 11.1 Å². The molecule has 2 fully saturated rings. The first-order chi connectivity index (χ1) is 23.0. The lowest BCUT2D eigenvalue weighted by Crippen LogP contribution is -2.42. The van der Waals surface area contributed by atoms with Gasteiger partial charge in [-0.2, -0.15) is 0 Å². The molecule has 1 aliphatic heterocycles. The number of amides is 1. The number of carbonyl (C=O) groups is 2. The molecule has 1 aromatic heterocycles. The standard InChI is InChI=1S/C39H53N5O4/c1-8-44(31-12-10-30(11-13-31)43(6)7)36-22-29(28-9-14-34(35(21-28)40-5)39(24-45)15-17-48-18-16-39)20-32(27(36)4)37(46)41-23-33-25(2)19-26(3)42-38(33)47/h9,14,19-22,24,30-31,40H,8,10-13,15-18,23H2,1-7H3,(H,41,46)(H,42,47). The first-order valence-electron chi connectivity index (χ1n) is 17.4. The third-order valence-electron chi connectivity index (χ3n) is 10.8. The molecule has 1 amide bonds. The van der Waals surface area contributed by atoms with E-state index in [1.807, 2.05) is 40.0 Å². The molecule has 0 spiro atoms. The third-order valence-corrected chi connectivity index (χ3v) is 10.8. The lowest BCUT2D eigenvalue weighted by molar-refractivity contribution is -0.115. The van der Waals surface area contributed by atoms with E-state index in [1.165, 1.54) is 0 Å². The lowest BCUT2D eigenvalue weighted by Gasteiger charge is -2.40. The number of ether oxygens (including phenoxy) is 1. The number of aromatic amines is 1. The topological polar surface area (TPSA) is 107 Å². The van der Waals surface area contributed by atoms with Gasteiger partial charge in [0.1, 0.15) is 6.29 Å². The van der Waals surface area contributed by atoms with Crippen LogP contribution in [0.2, 0.25) is 0 Å². The summed E-state index contributed by atoms with van der Waals surface area (Å²) in [5.41, 5.74) is 7.78. The summed E-state index contributed by atoms with van der Waals surface area (Å²) in [5, 5.41) is 6.41. The molecule has 5 rings (SSSR count). The van der Waals surface area contributed by atoms with Gasteiger partial charge in [-0.15, -0.1) is 0 Å². The maximum atomic E-state index is 14.0. The number of rotatable bonds is 11. The fourth-order valence-corrected chi connectivity index (χ4v) is 7.83. The summed E-state index contributed by atoms with van der Waals surface area (Å²) < 4.78 is 5.60. The van der Waals surface area contributed by atoms with E-state index in [9.17, 15) is 14.4 Å². The van der Waals surface area contributed by atoms with Crippen LogP contribution in [0.1, 0.15) is 83.8 Å². The fourth-order valence-electron chi connectivity index (χ4n) is 7.83. The summed E-state index contributed by atoms with van der Waals surface area (Å²) in [6.07, 6.45) is 6.84. The van der Waals surface area contributed by atoms with Crippen molar-refractivity contribution in [1.82, 2.24) is 15.2 Å². The Morgan fingerprint density at radius 1 is 1.00 bits per heavy atom. The molecule has 2 aliphatic rings. The third kappa shape index (κ3) is 7.22. The van der Waals surface area contributed by atoms with Crippen LogP contribution in [-0.4, -0.2) is 75.1 Å². The van der Waals surface area contributed by atoms with Crippen LogP contribution in [0.15, 0.2) is 41.2 Å². The second-order valence-electron chi connectivity index (χ2n) is 13.9. The van der Waals surface area contributed by atoms with Gasteiger partial charge in [0.25, 0.3) is 11.5 Å². The monoisotopic (exact) mass is 655 g/mol. The van der Waals surface area contributed by atoms with E-state index in [1.54, 1.807) is 0 Å². The first-order valence-corrected chi connectivity index (χ1v) is 17.4. The van der Waals surface area contributed by atoms with Crippen molar-refractivity contribution in [3.8, 4) is 11.1 Å². The van der Waals surface area contributed by atoms with Crippen molar-refractivity contribution in [2.75, 3.05) is 51.1 Å². The minimum absolute atomic E-state index is 0.140. The highest BCUT2D eigenvalue weighted by Crippen LogP contribution is 2.41. The number of carbonyl (C=O) groups excluding carboxylic acids is 2. The Hall–Kier alpha value is -3.95. The lowest BCUT2D eigenvalue weighted by atomic mass is 9.74. The van der Waals surface area contributed by atoms with E-state index in [4.69, 9.17) is 4.74 Å². The minimum atomic E-state index is -0.588. The quantitative estimate of drug-likeness (QED) is 0.222. The van der Waals surface area contributed by atoms with Crippen molar-refractivity contribution in [2.24, 2.45) is 0 Å². The Morgan fingerprint density at radius 2 is 1.69 bits per heavy atom.